The summed E-state index contributed by atoms with van der Waals surface area (Å²) in [7, 11) is 0. The normalized spacial score (nSPS) is 13.8. The summed E-state index contributed by atoms with van der Waals surface area (Å²) in [6.07, 6.45) is 0.211. The molecule has 0 aliphatic rings. The molecule has 3 N–H and O–H groups in total. The summed E-state index contributed by atoms with van der Waals surface area (Å²) >= 11 is 0. The Labute approximate surface area is 99.2 Å². The molecule has 1 atom stereocenters. The lowest BCUT2D eigenvalue weighted by atomic mass is 9.94. The molecular weight excluding hydrogens is 222 g/mol. The van der Waals surface area contributed by atoms with E-state index in [4.69, 9.17) is 15.6 Å². The summed E-state index contributed by atoms with van der Waals surface area (Å²) in [4.78, 5) is 21.5. The lowest BCUT2D eigenvalue weighted by Crippen LogP contribution is -2.46. The fourth-order valence-corrected chi connectivity index (χ4v) is 1.34. The number of ether oxygens (including phenoxy) is 1. The molecule has 5 nitrogen and oxygen atoms in total. The molecule has 0 saturated carbocycles. The smallest absolute Gasteiger partial charge is 0.323 e. The zero-order chi connectivity index (χ0) is 13.1. The maximum absolute atomic E-state index is 10.8. The van der Waals surface area contributed by atoms with Crippen molar-refractivity contribution in [1.82, 2.24) is 0 Å². The maximum atomic E-state index is 10.8. The summed E-state index contributed by atoms with van der Waals surface area (Å²) in [5, 5.41) is 8.88. The second kappa shape index (κ2) is 4.97. The van der Waals surface area contributed by atoms with Gasteiger partial charge in [0.25, 0.3) is 0 Å². The summed E-state index contributed by atoms with van der Waals surface area (Å²) in [5.41, 5.74) is 5.09. The van der Waals surface area contributed by atoms with Gasteiger partial charge in [0.05, 0.1) is 0 Å². The van der Waals surface area contributed by atoms with Crippen molar-refractivity contribution in [3.63, 3.8) is 0 Å². The highest BCUT2D eigenvalue weighted by Gasteiger charge is 2.27. The average Bonchev–Trinajstić information content (AvgIpc) is 2.19. The number of hydrogen-bond acceptors (Lipinski definition) is 4. The molecule has 0 radical (unpaired) electrons. The van der Waals surface area contributed by atoms with Gasteiger partial charge in [-0.05, 0) is 24.6 Å². The Balaban J connectivity index is 2.75. The Morgan fingerprint density at radius 2 is 1.88 bits per heavy atom. The van der Waals surface area contributed by atoms with Crippen LogP contribution in [0.4, 0.5) is 0 Å². The molecule has 1 rings (SSSR count). The van der Waals surface area contributed by atoms with Crippen LogP contribution in [0.2, 0.25) is 0 Å². The van der Waals surface area contributed by atoms with E-state index in [0.717, 1.165) is 5.56 Å². The zero-order valence-electron chi connectivity index (χ0n) is 9.77. The first-order chi connectivity index (χ1) is 7.81. The number of hydrogen-bond donors (Lipinski definition) is 2. The van der Waals surface area contributed by atoms with E-state index in [-0.39, 0.29) is 6.42 Å². The number of rotatable bonds is 4. The van der Waals surface area contributed by atoms with E-state index in [2.05, 4.69) is 0 Å². The number of carboxylic acid groups (broad SMARTS) is 1. The van der Waals surface area contributed by atoms with Crippen LogP contribution in [0, 0.1) is 0 Å². The zero-order valence-corrected chi connectivity index (χ0v) is 9.77. The molecule has 0 aliphatic heterocycles. The Morgan fingerprint density at radius 3 is 2.29 bits per heavy atom. The van der Waals surface area contributed by atoms with Gasteiger partial charge >= 0.3 is 11.9 Å². The molecule has 0 amide bonds. The van der Waals surface area contributed by atoms with E-state index in [9.17, 15) is 9.59 Å². The average molecular weight is 237 g/mol. The predicted octanol–water partition coefficient (Wildman–Crippen LogP) is 0.956. The highest BCUT2D eigenvalue weighted by Crippen LogP contribution is 2.16. The molecule has 0 aliphatic carbocycles. The van der Waals surface area contributed by atoms with Crippen LogP contribution < -0.4 is 10.5 Å². The van der Waals surface area contributed by atoms with E-state index in [1.165, 1.54) is 13.8 Å². The number of carboxylic acids is 1. The lowest BCUT2D eigenvalue weighted by Gasteiger charge is -2.19. The molecule has 0 aromatic heterocycles. The SMILES string of the molecule is CC(=O)Oc1ccc(CC(C)(N)C(=O)O)cc1. The number of nitrogens with two attached hydrogens (primary N) is 1. The van der Waals surface area contributed by atoms with E-state index in [1.54, 1.807) is 24.3 Å². The van der Waals surface area contributed by atoms with Crippen LogP contribution in [0.1, 0.15) is 19.4 Å². The monoisotopic (exact) mass is 237 g/mol. The Morgan fingerprint density at radius 1 is 1.35 bits per heavy atom. The van der Waals surface area contributed by atoms with Crippen molar-refractivity contribution < 1.29 is 19.4 Å². The topological polar surface area (TPSA) is 89.6 Å². The molecule has 0 spiro atoms. The second-order valence-corrected chi connectivity index (χ2v) is 4.14. The minimum absolute atomic E-state index is 0.211. The minimum atomic E-state index is -1.30. The van der Waals surface area contributed by atoms with E-state index < -0.39 is 17.5 Å². The van der Waals surface area contributed by atoms with Gasteiger partial charge in [0, 0.05) is 13.3 Å². The summed E-state index contributed by atoms with van der Waals surface area (Å²) in [6, 6.07) is 6.59. The largest absolute Gasteiger partial charge is 0.480 e. The van der Waals surface area contributed by atoms with Crippen molar-refractivity contribution in [1.29, 1.82) is 0 Å². The lowest BCUT2D eigenvalue weighted by molar-refractivity contribution is -0.142. The fourth-order valence-electron chi connectivity index (χ4n) is 1.34. The van der Waals surface area contributed by atoms with Crippen molar-refractivity contribution in [3.8, 4) is 5.75 Å². The standard InChI is InChI=1S/C12H15NO4/c1-8(14)17-10-5-3-9(4-6-10)7-12(2,13)11(15)16/h3-6H,7,13H2,1-2H3,(H,15,16). The Kier molecular flexibility index (Phi) is 3.85. The maximum Gasteiger partial charge on any atom is 0.323 e. The van der Waals surface area contributed by atoms with Crippen LogP contribution in [-0.2, 0) is 16.0 Å². The molecule has 0 saturated heterocycles. The predicted molar refractivity (Wildman–Crippen MR) is 61.7 cm³/mol. The molecule has 92 valence electrons. The number of carbonyl (C=O) groups excluding carboxylic acids is 1. The number of carbonyl (C=O) groups is 2. The van der Waals surface area contributed by atoms with Crippen LogP contribution in [0.5, 0.6) is 5.75 Å². The van der Waals surface area contributed by atoms with Crippen molar-refractivity contribution >= 4 is 11.9 Å². The molecule has 5 heteroatoms. The number of esters is 1. The van der Waals surface area contributed by atoms with Gasteiger partial charge in [-0.15, -0.1) is 0 Å². The Hall–Kier alpha value is -1.88. The third kappa shape index (κ3) is 3.88. The second-order valence-electron chi connectivity index (χ2n) is 4.14. The molecule has 1 aromatic rings. The first-order valence-electron chi connectivity index (χ1n) is 5.11. The van der Waals surface area contributed by atoms with Crippen molar-refractivity contribution in [2.75, 3.05) is 0 Å². The molecule has 0 bridgehead atoms. The van der Waals surface area contributed by atoms with Gasteiger partial charge in [-0.3, -0.25) is 9.59 Å². The van der Waals surface area contributed by atoms with Crippen LogP contribution in [0.25, 0.3) is 0 Å². The molecule has 0 fully saturated rings. The van der Waals surface area contributed by atoms with Gasteiger partial charge in [-0.2, -0.15) is 0 Å². The summed E-state index contributed by atoms with van der Waals surface area (Å²) in [5.74, 6) is -1.02. The highest BCUT2D eigenvalue weighted by atomic mass is 16.5. The molecule has 0 heterocycles. The van der Waals surface area contributed by atoms with Crippen LogP contribution in [0.3, 0.4) is 0 Å². The third-order valence-electron chi connectivity index (χ3n) is 2.24. The molecule has 17 heavy (non-hydrogen) atoms. The van der Waals surface area contributed by atoms with Crippen molar-refractivity contribution in [3.05, 3.63) is 29.8 Å². The quantitative estimate of drug-likeness (QED) is 0.601. The van der Waals surface area contributed by atoms with Crippen molar-refractivity contribution in [2.45, 2.75) is 25.8 Å². The van der Waals surface area contributed by atoms with Crippen LogP contribution in [0.15, 0.2) is 24.3 Å². The van der Waals surface area contributed by atoms with Gasteiger partial charge in [0.15, 0.2) is 0 Å². The van der Waals surface area contributed by atoms with Gasteiger partial charge in [-0.25, -0.2) is 0 Å². The molecule has 1 unspecified atom stereocenters. The highest BCUT2D eigenvalue weighted by molar-refractivity contribution is 5.78. The Bertz CT molecular complexity index is 423. The first kappa shape index (κ1) is 13.2. The number of aliphatic carboxylic acids is 1. The van der Waals surface area contributed by atoms with E-state index in [1.807, 2.05) is 0 Å². The van der Waals surface area contributed by atoms with Gasteiger partial charge in [-0.1, -0.05) is 12.1 Å². The first-order valence-corrected chi connectivity index (χ1v) is 5.11. The van der Waals surface area contributed by atoms with Gasteiger partial charge < -0.3 is 15.6 Å². The summed E-state index contributed by atoms with van der Waals surface area (Å²) in [6.45, 7) is 2.77. The summed E-state index contributed by atoms with van der Waals surface area (Å²) < 4.78 is 4.86. The van der Waals surface area contributed by atoms with E-state index in [0.29, 0.717) is 5.75 Å². The van der Waals surface area contributed by atoms with Crippen molar-refractivity contribution in [2.24, 2.45) is 5.73 Å². The number of benzene rings is 1. The fraction of sp³-hybridized carbons (Fsp3) is 0.333. The van der Waals surface area contributed by atoms with E-state index >= 15 is 0 Å². The van der Waals surface area contributed by atoms with Crippen LogP contribution in [-0.4, -0.2) is 22.6 Å². The van der Waals surface area contributed by atoms with Gasteiger partial charge in [0.1, 0.15) is 11.3 Å². The molecule has 1 aromatic carbocycles. The van der Waals surface area contributed by atoms with Gasteiger partial charge in [0.2, 0.25) is 0 Å². The molecular formula is C12H15NO4. The minimum Gasteiger partial charge on any atom is -0.480 e. The van der Waals surface area contributed by atoms with Crippen LogP contribution >= 0.6 is 0 Å². The third-order valence-corrected chi connectivity index (χ3v) is 2.24.